The van der Waals surface area contributed by atoms with Gasteiger partial charge in [-0.1, -0.05) is 18.2 Å². The largest absolute Gasteiger partial charge is 0.488 e. The summed E-state index contributed by atoms with van der Waals surface area (Å²) in [5.74, 6) is -1.69. The highest BCUT2D eigenvalue weighted by molar-refractivity contribution is 9.10. The molecule has 0 atom stereocenters. The molecule has 33 heavy (non-hydrogen) atoms. The number of aromatic carboxylic acids is 1. The van der Waals surface area contributed by atoms with Crippen molar-refractivity contribution in [3.05, 3.63) is 68.5 Å². The lowest BCUT2D eigenvalue weighted by Crippen LogP contribution is -2.35. The molecule has 1 saturated heterocycles. The van der Waals surface area contributed by atoms with Crippen LogP contribution in [0.4, 0.5) is 4.79 Å². The number of ether oxygens (including phenoxy) is 2. The number of carbonyl (C=O) groups excluding carboxylic acids is 3. The van der Waals surface area contributed by atoms with Crippen LogP contribution in [0.5, 0.6) is 5.75 Å². The number of rotatable bonds is 8. The molecule has 1 N–H and O–H groups in total. The van der Waals surface area contributed by atoms with Crippen LogP contribution in [0.1, 0.15) is 35.3 Å². The van der Waals surface area contributed by atoms with Crippen LogP contribution in [0, 0.1) is 0 Å². The Kier molecular flexibility index (Phi) is 7.93. The molecule has 0 aromatic heterocycles. The van der Waals surface area contributed by atoms with E-state index in [9.17, 15) is 19.2 Å². The summed E-state index contributed by atoms with van der Waals surface area (Å²) >= 11 is 4.18. The lowest BCUT2D eigenvalue weighted by atomic mass is 10.1. The third-order valence-electron chi connectivity index (χ3n) is 4.35. The van der Waals surface area contributed by atoms with Crippen LogP contribution in [0.2, 0.25) is 0 Å². The molecule has 0 aliphatic carbocycles. The molecule has 0 spiro atoms. The van der Waals surface area contributed by atoms with E-state index >= 15 is 0 Å². The summed E-state index contributed by atoms with van der Waals surface area (Å²) in [5, 5.41) is 8.56. The van der Waals surface area contributed by atoms with Gasteiger partial charge in [0.1, 0.15) is 18.9 Å². The molecule has 2 amide bonds. The molecule has 0 unspecified atom stereocenters. The number of halogens is 1. The molecule has 0 saturated carbocycles. The highest BCUT2D eigenvalue weighted by Gasteiger charge is 2.36. The van der Waals surface area contributed by atoms with Crippen molar-refractivity contribution in [2.75, 3.05) is 6.54 Å². The number of benzene rings is 2. The van der Waals surface area contributed by atoms with Crippen molar-refractivity contribution in [1.29, 1.82) is 0 Å². The number of esters is 1. The van der Waals surface area contributed by atoms with E-state index in [1.54, 1.807) is 50.3 Å². The highest BCUT2D eigenvalue weighted by atomic mass is 79.9. The van der Waals surface area contributed by atoms with Gasteiger partial charge >= 0.3 is 11.9 Å². The molecule has 8 nitrogen and oxygen atoms in total. The number of carboxylic acids is 1. The van der Waals surface area contributed by atoms with E-state index in [2.05, 4.69) is 15.9 Å². The summed E-state index contributed by atoms with van der Waals surface area (Å²) in [6.07, 6.45) is 1.22. The molecule has 1 heterocycles. The number of hydrogen-bond acceptors (Lipinski definition) is 7. The molecule has 0 bridgehead atoms. The molecule has 10 heteroatoms. The summed E-state index contributed by atoms with van der Waals surface area (Å²) in [4.78, 5) is 48.7. The minimum Gasteiger partial charge on any atom is -0.488 e. The van der Waals surface area contributed by atoms with Gasteiger partial charge in [0.2, 0.25) is 0 Å². The summed E-state index contributed by atoms with van der Waals surface area (Å²) < 4.78 is 11.4. The monoisotopic (exact) mass is 533 g/mol. The van der Waals surface area contributed by atoms with Gasteiger partial charge < -0.3 is 14.6 Å². The van der Waals surface area contributed by atoms with Gasteiger partial charge in [0, 0.05) is 0 Å². The minimum absolute atomic E-state index is 0.171. The molecule has 3 rings (SSSR count). The summed E-state index contributed by atoms with van der Waals surface area (Å²) in [6, 6.07) is 11.6. The second-order valence-corrected chi connectivity index (χ2v) is 9.14. The average molecular weight is 534 g/mol. The molecule has 1 aliphatic rings. The molecule has 2 aromatic carbocycles. The number of amides is 2. The Morgan fingerprint density at radius 3 is 2.61 bits per heavy atom. The van der Waals surface area contributed by atoms with E-state index in [4.69, 9.17) is 14.6 Å². The fourth-order valence-electron chi connectivity index (χ4n) is 2.90. The predicted molar refractivity (Wildman–Crippen MR) is 126 cm³/mol. The van der Waals surface area contributed by atoms with Crippen molar-refractivity contribution in [1.82, 2.24) is 4.90 Å². The van der Waals surface area contributed by atoms with Gasteiger partial charge in [0.25, 0.3) is 11.1 Å². The number of hydrogen-bond donors (Lipinski definition) is 1. The second-order valence-electron chi connectivity index (χ2n) is 7.29. The topological polar surface area (TPSA) is 110 Å². The van der Waals surface area contributed by atoms with Gasteiger partial charge in [-0.25, -0.2) is 4.79 Å². The fourth-order valence-corrected chi connectivity index (χ4v) is 4.25. The van der Waals surface area contributed by atoms with E-state index in [0.717, 1.165) is 16.7 Å². The van der Waals surface area contributed by atoms with E-state index in [1.807, 2.05) is 0 Å². The SMILES string of the molecule is CC(C)OC(=O)CN1C(=O)S/C(=C/c2ccc(OCc3cccc(C(=O)O)c3)c(Br)c2)C1=O. The Balaban J connectivity index is 1.67. The summed E-state index contributed by atoms with van der Waals surface area (Å²) in [7, 11) is 0. The zero-order chi connectivity index (χ0) is 24.1. The first-order chi connectivity index (χ1) is 15.6. The Labute approximate surface area is 202 Å². The molecule has 172 valence electrons. The van der Waals surface area contributed by atoms with Gasteiger partial charge in [-0.15, -0.1) is 0 Å². The van der Waals surface area contributed by atoms with E-state index < -0.39 is 29.6 Å². The zero-order valence-corrected chi connectivity index (χ0v) is 20.1. The third-order valence-corrected chi connectivity index (χ3v) is 5.88. The number of carbonyl (C=O) groups is 4. The quantitative estimate of drug-likeness (QED) is 0.383. The third kappa shape index (κ3) is 6.45. The fraction of sp³-hybridized carbons (Fsp3) is 0.217. The number of imide groups is 1. The van der Waals surface area contributed by atoms with Gasteiger partial charge in [-0.2, -0.15) is 0 Å². The van der Waals surface area contributed by atoms with Crippen molar-refractivity contribution in [3.8, 4) is 5.75 Å². The standard InChI is InChI=1S/C23H20BrNO7S/c1-13(2)32-20(26)11-25-21(27)19(33-23(25)30)10-14-6-7-18(17(24)9-14)31-12-15-4-3-5-16(8-15)22(28)29/h3-10,13H,11-12H2,1-2H3,(H,28,29)/b19-10+. The maximum Gasteiger partial charge on any atom is 0.335 e. The van der Waals surface area contributed by atoms with Gasteiger partial charge in [0.05, 0.1) is 21.0 Å². The smallest absolute Gasteiger partial charge is 0.335 e. The first-order valence-electron chi connectivity index (χ1n) is 9.83. The van der Waals surface area contributed by atoms with Crippen LogP contribution >= 0.6 is 27.7 Å². The highest BCUT2D eigenvalue weighted by Crippen LogP contribution is 2.34. The number of nitrogens with zero attached hydrogens (tertiary/aromatic N) is 1. The molecule has 1 fully saturated rings. The maximum absolute atomic E-state index is 12.6. The van der Waals surface area contributed by atoms with Crippen molar-refractivity contribution in [2.24, 2.45) is 0 Å². The Hall–Kier alpha value is -3.11. The molecule has 0 radical (unpaired) electrons. The Morgan fingerprint density at radius 2 is 1.94 bits per heavy atom. The van der Waals surface area contributed by atoms with Crippen LogP contribution in [0.3, 0.4) is 0 Å². The Bertz CT molecular complexity index is 1150. The average Bonchev–Trinajstić information content (AvgIpc) is 3.00. The second kappa shape index (κ2) is 10.7. The minimum atomic E-state index is -1.01. The number of carboxylic acid groups (broad SMARTS) is 1. The molecular formula is C23H20BrNO7S. The van der Waals surface area contributed by atoms with Crippen molar-refractivity contribution < 1.29 is 33.8 Å². The van der Waals surface area contributed by atoms with Gasteiger partial charge in [0.15, 0.2) is 0 Å². The normalized spacial score (nSPS) is 14.8. The zero-order valence-electron chi connectivity index (χ0n) is 17.7. The van der Waals surface area contributed by atoms with Crippen LogP contribution in [0.25, 0.3) is 6.08 Å². The lowest BCUT2D eigenvalue weighted by Gasteiger charge is -2.13. The maximum atomic E-state index is 12.6. The van der Waals surface area contributed by atoms with Crippen molar-refractivity contribution in [3.63, 3.8) is 0 Å². The first kappa shape index (κ1) is 24.5. The van der Waals surface area contributed by atoms with E-state index in [1.165, 1.54) is 12.1 Å². The molecular weight excluding hydrogens is 514 g/mol. The molecule has 2 aromatic rings. The van der Waals surface area contributed by atoms with Crippen LogP contribution < -0.4 is 4.74 Å². The van der Waals surface area contributed by atoms with Crippen LogP contribution in [0.15, 0.2) is 51.8 Å². The van der Waals surface area contributed by atoms with Gasteiger partial charge in [-0.05, 0) is 83.0 Å². The van der Waals surface area contributed by atoms with Crippen LogP contribution in [-0.2, 0) is 20.9 Å². The van der Waals surface area contributed by atoms with E-state index in [-0.39, 0.29) is 23.2 Å². The Morgan fingerprint density at radius 1 is 1.18 bits per heavy atom. The van der Waals surface area contributed by atoms with Gasteiger partial charge in [-0.3, -0.25) is 19.3 Å². The van der Waals surface area contributed by atoms with Crippen molar-refractivity contribution >= 4 is 56.9 Å². The summed E-state index contributed by atoms with van der Waals surface area (Å²) in [6.45, 7) is 3.11. The first-order valence-corrected chi connectivity index (χ1v) is 11.4. The predicted octanol–water partition coefficient (Wildman–Crippen LogP) is 4.71. The molecule has 1 aliphatic heterocycles. The summed E-state index contributed by atoms with van der Waals surface area (Å²) in [5.41, 5.74) is 1.53. The lowest BCUT2D eigenvalue weighted by molar-refractivity contribution is -0.149. The van der Waals surface area contributed by atoms with Crippen molar-refractivity contribution in [2.45, 2.75) is 26.6 Å². The number of thioether (sulfide) groups is 1. The van der Waals surface area contributed by atoms with Crippen LogP contribution in [-0.4, -0.2) is 45.7 Å². The van der Waals surface area contributed by atoms with E-state index in [0.29, 0.717) is 21.3 Å².